The smallest absolute Gasteiger partial charge is 0.241 e. The third-order valence-corrected chi connectivity index (χ3v) is 5.56. The fourth-order valence-electron chi connectivity index (χ4n) is 2.73. The number of aromatic nitrogens is 2. The Hall–Kier alpha value is -2.71. The Morgan fingerprint density at radius 3 is 2.52 bits per heavy atom. The van der Waals surface area contributed by atoms with Gasteiger partial charge in [-0.2, -0.15) is 4.98 Å². The van der Waals surface area contributed by atoms with E-state index in [1.54, 1.807) is 12.1 Å². The average Bonchev–Trinajstić information content (AvgIpc) is 2.64. The zero-order valence-electron chi connectivity index (χ0n) is 15.6. The van der Waals surface area contributed by atoms with Crippen LogP contribution in [0.25, 0.3) is 10.8 Å². The molecule has 27 heavy (non-hydrogen) atoms. The van der Waals surface area contributed by atoms with Crippen LogP contribution in [-0.2, 0) is 10.0 Å². The second-order valence-corrected chi connectivity index (χ2v) is 8.12. The molecule has 8 heteroatoms. The lowest BCUT2D eigenvalue weighted by molar-refractivity contribution is 0.583. The molecule has 0 saturated carbocycles. The number of rotatable bonds is 7. The van der Waals surface area contributed by atoms with Crippen LogP contribution in [0, 0.1) is 6.92 Å². The Morgan fingerprint density at radius 2 is 1.74 bits per heavy atom. The first-order valence-corrected chi connectivity index (χ1v) is 10.1. The van der Waals surface area contributed by atoms with Gasteiger partial charge in [0, 0.05) is 44.3 Å². The molecule has 0 fully saturated rings. The van der Waals surface area contributed by atoms with Crippen molar-refractivity contribution in [3.8, 4) is 0 Å². The van der Waals surface area contributed by atoms with Crippen molar-refractivity contribution in [3.05, 3.63) is 54.2 Å². The van der Waals surface area contributed by atoms with E-state index in [2.05, 4.69) is 20.0 Å². The maximum atomic E-state index is 12.7. The fraction of sp³-hybridized carbons (Fsp3) is 0.263. The van der Waals surface area contributed by atoms with Gasteiger partial charge in [-0.25, -0.2) is 18.1 Å². The lowest BCUT2D eigenvalue weighted by Crippen LogP contribution is -2.29. The minimum absolute atomic E-state index is 0.222. The van der Waals surface area contributed by atoms with Gasteiger partial charge in [0.1, 0.15) is 5.82 Å². The highest BCUT2D eigenvalue weighted by Gasteiger charge is 2.16. The van der Waals surface area contributed by atoms with E-state index in [1.807, 2.05) is 62.3 Å². The summed E-state index contributed by atoms with van der Waals surface area (Å²) in [5, 5.41) is 4.66. The number of benzene rings is 2. The van der Waals surface area contributed by atoms with Crippen molar-refractivity contribution in [3.63, 3.8) is 0 Å². The summed E-state index contributed by atoms with van der Waals surface area (Å²) in [7, 11) is 0.203. The van der Waals surface area contributed by atoms with Crippen LogP contribution in [-0.4, -0.2) is 45.6 Å². The fourth-order valence-corrected chi connectivity index (χ4v) is 3.99. The topological polar surface area (TPSA) is 87.2 Å². The molecule has 0 amide bonds. The van der Waals surface area contributed by atoms with Gasteiger partial charge in [0.15, 0.2) is 0 Å². The van der Waals surface area contributed by atoms with Crippen LogP contribution < -0.4 is 14.9 Å². The van der Waals surface area contributed by atoms with Crippen molar-refractivity contribution >= 4 is 32.6 Å². The molecule has 3 rings (SSSR count). The molecule has 0 saturated heterocycles. The highest BCUT2D eigenvalue weighted by Crippen LogP contribution is 2.22. The van der Waals surface area contributed by atoms with Crippen LogP contribution in [0.1, 0.15) is 5.69 Å². The van der Waals surface area contributed by atoms with Crippen molar-refractivity contribution in [1.29, 1.82) is 0 Å². The number of hydrogen-bond acceptors (Lipinski definition) is 6. The molecular weight excluding hydrogens is 362 g/mol. The molecule has 1 heterocycles. The van der Waals surface area contributed by atoms with Gasteiger partial charge >= 0.3 is 0 Å². The van der Waals surface area contributed by atoms with E-state index in [1.165, 1.54) is 0 Å². The van der Waals surface area contributed by atoms with Gasteiger partial charge in [-0.05, 0) is 18.4 Å². The predicted octanol–water partition coefficient (Wildman–Crippen LogP) is 2.39. The van der Waals surface area contributed by atoms with Crippen LogP contribution in [0.5, 0.6) is 0 Å². The van der Waals surface area contributed by atoms with Crippen molar-refractivity contribution in [2.45, 2.75) is 11.8 Å². The molecule has 7 nitrogen and oxygen atoms in total. The minimum Gasteiger partial charge on any atom is -0.363 e. The summed E-state index contributed by atoms with van der Waals surface area (Å²) in [5.41, 5.74) is 0.840. The summed E-state index contributed by atoms with van der Waals surface area (Å²) in [4.78, 5) is 10.9. The summed E-state index contributed by atoms with van der Waals surface area (Å²) < 4.78 is 28.0. The van der Waals surface area contributed by atoms with Gasteiger partial charge in [-0.15, -0.1) is 0 Å². The van der Waals surface area contributed by atoms with Gasteiger partial charge in [-0.3, -0.25) is 0 Å². The van der Waals surface area contributed by atoms with Crippen LogP contribution in [0.15, 0.2) is 53.4 Å². The number of nitrogens with zero attached hydrogens (tertiary/aromatic N) is 3. The zero-order chi connectivity index (χ0) is 19.4. The monoisotopic (exact) mass is 385 g/mol. The summed E-state index contributed by atoms with van der Waals surface area (Å²) in [6, 6.07) is 14.6. The summed E-state index contributed by atoms with van der Waals surface area (Å²) in [6.07, 6.45) is 0. The highest BCUT2D eigenvalue weighted by molar-refractivity contribution is 7.89. The molecule has 0 radical (unpaired) electrons. The number of nitrogens with one attached hydrogen (secondary N) is 2. The van der Waals surface area contributed by atoms with E-state index in [-0.39, 0.29) is 11.4 Å². The Bertz CT molecular complexity index is 1050. The van der Waals surface area contributed by atoms with E-state index in [9.17, 15) is 8.42 Å². The van der Waals surface area contributed by atoms with Crippen molar-refractivity contribution in [2.75, 3.05) is 37.4 Å². The number of anilines is 2. The van der Waals surface area contributed by atoms with Crippen LogP contribution in [0.3, 0.4) is 0 Å². The standard InChI is InChI=1S/C19H23N5O2S/c1-14-13-18(24(2)3)23-19(22-14)20-11-12-21-27(25,26)17-10-6-8-15-7-4-5-9-16(15)17/h4-10,13,21H,11-12H2,1-3H3,(H,20,22,23). The first-order chi connectivity index (χ1) is 12.9. The molecule has 3 aromatic rings. The van der Waals surface area contributed by atoms with E-state index in [4.69, 9.17) is 0 Å². The van der Waals surface area contributed by atoms with Gasteiger partial charge in [0.2, 0.25) is 16.0 Å². The minimum atomic E-state index is -3.61. The largest absolute Gasteiger partial charge is 0.363 e. The number of sulfonamides is 1. The first kappa shape index (κ1) is 19.1. The molecule has 0 bridgehead atoms. The molecule has 2 N–H and O–H groups in total. The Labute approximate surface area is 159 Å². The normalized spacial score (nSPS) is 11.5. The van der Waals surface area contributed by atoms with E-state index in [0.717, 1.165) is 16.9 Å². The molecular formula is C19H23N5O2S. The highest BCUT2D eigenvalue weighted by atomic mass is 32.2. The van der Waals surface area contributed by atoms with Crippen molar-refractivity contribution in [2.24, 2.45) is 0 Å². The van der Waals surface area contributed by atoms with E-state index >= 15 is 0 Å². The molecule has 0 aliphatic heterocycles. The van der Waals surface area contributed by atoms with E-state index in [0.29, 0.717) is 17.9 Å². The third kappa shape index (κ3) is 4.53. The molecule has 1 aromatic heterocycles. The predicted molar refractivity (Wildman–Crippen MR) is 109 cm³/mol. The lowest BCUT2D eigenvalue weighted by Gasteiger charge is -2.14. The second kappa shape index (κ2) is 7.89. The van der Waals surface area contributed by atoms with Crippen molar-refractivity contribution < 1.29 is 8.42 Å². The Kier molecular flexibility index (Phi) is 5.57. The van der Waals surface area contributed by atoms with Crippen LogP contribution in [0.2, 0.25) is 0 Å². The van der Waals surface area contributed by atoms with Crippen molar-refractivity contribution in [1.82, 2.24) is 14.7 Å². The number of hydrogen-bond donors (Lipinski definition) is 2. The quantitative estimate of drug-likeness (QED) is 0.607. The Balaban J connectivity index is 1.66. The van der Waals surface area contributed by atoms with E-state index < -0.39 is 10.0 Å². The summed E-state index contributed by atoms with van der Waals surface area (Å²) in [6.45, 7) is 2.49. The third-order valence-electron chi connectivity index (χ3n) is 4.04. The van der Waals surface area contributed by atoms with Gasteiger partial charge in [0.25, 0.3) is 0 Å². The number of aryl methyl sites for hydroxylation is 1. The average molecular weight is 385 g/mol. The number of fused-ring (bicyclic) bond motifs is 1. The second-order valence-electron chi connectivity index (χ2n) is 6.39. The van der Waals surface area contributed by atoms with Gasteiger partial charge < -0.3 is 10.2 Å². The summed E-state index contributed by atoms with van der Waals surface area (Å²) in [5.74, 6) is 1.27. The molecule has 0 aliphatic carbocycles. The summed E-state index contributed by atoms with van der Waals surface area (Å²) >= 11 is 0. The maximum absolute atomic E-state index is 12.7. The maximum Gasteiger partial charge on any atom is 0.241 e. The Morgan fingerprint density at radius 1 is 1.00 bits per heavy atom. The molecule has 0 atom stereocenters. The lowest BCUT2D eigenvalue weighted by atomic mass is 10.1. The SMILES string of the molecule is Cc1cc(N(C)C)nc(NCCNS(=O)(=O)c2cccc3ccccc23)n1. The molecule has 0 unspecified atom stereocenters. The molecule has 0 spiro atoms. The van der Waals surface area contributed by atoms with Gasteiger partial charge in [0.05, 0.1) is 4.90 Å². The molecule has 142 valence electrons. The molecule has 0 aliphatic rings. The van der Waals surface area contributed by atoms with Crippen LogP contribution in [0.4, 0.5) is 11.8 Å². The zero-order valence-corrected chi connectivity index (χ0v) is 16.4. The first-order valence-electron chi connectivity index (χ1n) is 8.61. The molecule has 2 aromatic carbocycles. The van der Waals surface area contributed by atoms with Gasteiger partial charge in [-0.1, -0.05) is 36.4 Å². The van der Waals surface area contributed by atoms with Crippen LogP contribution >= 0.6 is 0 Å².